The van der Waals surface area contributed by atoms with Crippen LogP contribution in [0, 0.1) is 5.92 Å². The van der Waals surface area contributed by atoms with Gasteiger partial charge in [-0.1, -0.05) is 36.4 Å². The van der Waals surface area contributed by atoms with Gasteiger partial charge in [0.15, 0.2) is 0 Å². The van der Waals surface area contributed by atoms with Crippen LogP contribution in [-0.4, -0.2) is 151 Å². The number of ether oxygens (including phenoxy) is 2. The lowest BCUT2D eigenvalue weighted by atomic mass is 10.1. The van der Waals surface area contributed by atoms with E-state index in [1.54, 1.807) is 41.5 Å². The topological polar surface area (TPSA) is 248 Å². The van der Waals surface area contributed by atoms with Crippen LogP contribution in [0.3, 0.4) is 0 Å². The number of hydrogen-bond acceptors (Lipinski definition) is 13. The van der Waals surface area contributed by atoms with Gasteiger partial charge in [-0.3, -0.25) is 20.4 Å². The van der Waals surface area contributed by atoms with Crippen molar-refractivity contribution in [2.75, 3.05) is 38.1 Å². The van der Waals surface area contributed by atoms with Gasteiger partial charge < -0.3 is 45.8 Å². The van der Waals surface area contributed by atoms with Crippen LogP contribution in [-0.2, 0) is 52.1 Å². The molecule has 10 N–H and O–H groups in total. The number of benzene rings is 3. The highest BCUT2D eigenvalue weighted by Crippen LogP contribution is 2.32. The van der Waals surface area contributed by atoms with Crippen LogP contribution in [0.15, 0.2) is 72.8 Å². The summed E-state index contributed by atoms with van der Waals surface area (Å²) in [6.45, 7) is 11.6. The molecular formula is C54H76Cl2F9N5O11. The number of aliphatic hydroxyl groups excluding tert-OH is 5. The van der Waals surface area contributed by atoms with E-state index in [2.05, 4.69) is 10.6 Å². The van der Waals surface area contributed by atoms with Gasteiger partial charge in [-0.15, -0.1) is 23.2 Å². The number of β-amino-alcohol motifs (C(OH)–C–C–N with tert-alkyl or cyclic N) is 2. The Bertz CT molecular complexity index is 2330. The maximum atomic E-state index is 12.6. The SMILES string of the molecule is CC(C)(C)OC(=O)N1C[C@@H](O)C[C@H]1C(=O)O.CC(C)(C)OC(=O)N1C[C@@H](O)C[C@H]1C(O)NCCc1ccc(C(F)(F)F)cc1.ClCCl.NCCc1ccc(C(F)(F)F)cc1.OC(NCCc1ccc(C(F)(F)F)cc1)[C@H]1CC[C@@H](O)C1. The van der Waals surface area contributed by atoms with Gasteiger partial charge in [0, 0.05) is 25.4 Å². The van der Waals surface area contributed by atoms with Gasteiger partial charge >= 0.3 is 36.7 Å². The molecule has 3 aromatic rings. The zero-order valence-electron chi connectivity index (χ0n) is 45.8. The number of aliphatic carboxylic acids is 1. The molecule has 3 fully saturated rings. The highest BCUT2D eigenvalue weighted by molar-refractivity contribution is 6.40. The minimum Gasteiger partial charge on any atom is -0.480 e. The maximum Gasteiger partial charge on any atom is 0.416 e. The number of amides is 2. The molecule has 16 nitrogen and oxygen atoms in total. The number of alkyl halides is 11. The standard InChI is InChI=1S/C19H27F3N2O4.C15H20F3NO2.C10H17NO5.C9H10F3N.CH2Cl2/c1-18(2,3)28-17(27)24-11-14(25)10-15(24)16(26)23-9-8-12-4-6-13(7-5-12)19(20,21)22;16-15(17,18)12-4-1-10(2-5-12)7-8-19-14(21)11-3-6-13(20)9-11;1-10(2,3)16-9(15)11-5-6(12)4-7(11)8(13)14;10-9(11,12)8-3-1-7(2-4-8)5-6-13;2-1-3/h4-7,14-16,23,25-26H,8-11H2,1-3H3;1-2,4-5,11,13-14,19-21H,3,6-9H2;6-7,12H,4-5H2,1-3H3,(H,13,14);1-4H,5-6,13H2;1H2/t14-,15-,16?;11-,13+,14?;6-,7-;;/m000../s1. The fourth-order valence-electron chi connectivity index (χ4n) is 8.30. The summed E-state index contributed by atoms with van der Waals surface area (Å²) in [4.78, 5) is 37.2. The molecule has 0 radical (unpaired) electrons. The van der Waals surface area contributed by atoms with Crippen LogP contribution in [0.4, 0.5) is 49.1 Å². The summed E-state index contributed by atoms with van der Waals surface area (Å²) >= 11 is 9.53. The van der Waals surface area contributed by atoms with Crippen LogP contribution >= 0.6 is 23.2 Å². The molecule has 2 aliphatic heterocycles. The number of carboxylic acid groups (broad SMARTS) is 1. The van der Waals surface area contributed by atoms with E-state index < -0.39 is 101 Å². The molecule has 0 aromatic heterocycles. The maximum absolute atomic E-state index is 12.6. The van der Waals surface area contributed by atoms with Gasteiger partial charge in [-0.2, -0.15) is 39.5 Å². The number of carboxylic acids is 1. The van der Waals surface area contributed by atoms with Crippen LogP contribution < -0.4 is 16.4 Å². The second-order valence-electron chi connectivity index (χ2n) is 21.2. The Labute approximate surface area is 475 Å². The van der Waals surface area contributed by atoms with E-state index in [0.717, 1.165) is 58.8 Å². The number of nitrogens with zero attached hydrogens (tertiary/aromatic N) is 2. The van der Waals surface area contributed by atoms with E-state index in [0.29, 0.717) is 57.3 Å². The summed E-state index contributed by atoms with van der Waals surface area (Å²) in [6.07, 6.45) is -14.0. The summed E-state index contributed by atoms with van der Waals surface area (Å²) < 4.78 is 122. The summed E-state index contributed by atoms with van der Waals surface area (Å²) in [5.41, 5.74) is 4.21. The molecule has 0 spiro atoms. The predicted molar refractivity (Wildman–Crippen MR) is 285 cm³/mol. The Morgan fingerprint density at radius 1 is 0.580 bits per heavy atom. The number of nitrogens with two attached hydrogens (primary N) is 1. The first kappa shape index (κ1) is 72.4. The van der Waals surface area contributed by atoms with Gasteiger partial charge in [0.05, 0.1) is 59.5 Å². The monoisotopic (exact) mass is 1210 g/mol. The quantitative estimate of drug-likeness (QED) is 0.0441. The van der Waals surface area contributed by atoms with Crippen LogP contribution in [0.5, 0.6) is 0 Å². The molecule has 6 rings (SSSR count). The predicted octanol–water partition coefficient (Wildman–Crippen LogP) is 8.91. The molecule has 2 unspecified atom stereocenters. The van der Waals surface area contributed by atoms with E-state index in [4.69, 9.17) is 43.5 Å². The van der Waals surface area contributed by atoms with Crippen molar-refractivity contribution in [3.63, 3.8) is 0 Å². The third kappa shape index (κ3) is 27.5. The minimum absolute atomic E-state index is 0.00583. The van der Waals surface area contributed by atoms with Crippen molar-refractivity contribution in [1.29, 1.82) is 0 Å². The third-order valence-corrected chi connectivity index (χ3v) is 12.2. The Morgan fingerprint density at radius 3 is 1.28 bits per heavy atom. The summed E-state index contributed by atoms with van der Waals surface area (Å²) in [6, 6.07) is 13.3. The van der Waals surface area contributed by atoms with Gasteiger partial charge in [0.1, 0.15) is 29.7 Å². The van der Waals surface area contributed by atoms with E-state index in [9.17, 15) is 79.4 Å². The molecule has 1 aliphatic carbocycles. The molecule has 2 saturated heterocycles. The van der Waals surface area contributed by atoms with Crippen molar-refractivity contribution in [2.45, 2.75) is 165 Å². The first-order valence-corrected chi connectivity index (χ1v) is 26.8. The summed E-state index contributed by atoms with van der Waals surface area (Å²) in [7, 11) is 0. The van der Waals surface area contributed by atoms with Gasteiger partial charge in [0.2, 0.25) is 0 Å². The zero-order chi connectivity index (χ0) is 61.7. The third-order valence-electron chi connectivity index (χ3n) is 12.2. The molecule has 3 aromatic carbocycles. The molecule has 81 heavy (non-hydrogen) atoms. The van der Waals surface area contributed by atoms with Gasteiger partial charge in [-0.25, -0.2) is 14.4 Å². The van der Waals surface area contributed by atoms with Crippen LogP contribution in [0.25, 0.3) is 0 Å². The first-order valence-electron chi connectivity index (χ1n) is 25.8. The molecule has 2 heterocycles. The van der Waals surface area contributed by atoms with Crippen molar-refractivity contribution in [2.24, 2.45) is 11.7 Å². The second kappa shape index (κ2) is 33.0. The normalized spacial score (nSPS) is 20.9. The van der Waals surface area contributed by atoms with E-state index in [1.807, 2.05) is 0 Å². The summed E-state index contributed by atoms with van der Waals surface area (Å²) in [5, 5.41) is 63.9. The van der Waals surface area contributed by atoms with Gasteiger partial charge in [-0.05, 0) is 146 Å². The lowest BCUT2D eigenvalue weighted by Crippen LogP contribution is -2.50. The largest absolute Gasteiger partial charge is 0.480 e. The highest BCUT2D eigenvalue weighted by Gasteiger charge is 2.42. The van der Waals surface area contributed by atoms with Crippen molar-refractivity contribution in [3.8, 4) is 0 Å². The Hall–Kier alpha value is -4.70. The number of aliphatic hydroxyl groups is 5. The van der Waals surface area contributed by atoms with E-state index in [1.165, 1.54) is 41.3 Å². The minimum atomic E-state index is -4.37. The van der Waals surface area contributed by atoms with E-state index in [-0.39, 0.29) is 43.3 Å². The number of hydrogen-bond donors (Lipinski definition) is 9. The number of nitrogens with one attached hydrogen (secondary N) is 2. The smallest absolute Gasteiger partial charge is 0.416 e. The molecule has 27 heteroatoms. The highest BCUT2D eigenvalue weighted by atomic mass is 35.5. The fraction of sp³-hybridized carbons (Fsp3) is 0.611. The number of rotatable bonds is 13. The molecule has 3 aliphatic rings. The van der Waals surface area contributed by atoms with Crippen molar-refractivity contribution >= 4 is 41.4 Å². The Kier molecular flexibility index (Phi) is 29.5. The van der Waals surface area contributed by atoms with Crippen molar-refractivity contribution in [3.05, 3.63) is 106 Å². The van der Waals surface area contributed by atoms with Crippen LogP contribution in [0.1, 0.15) is 107 Å². The number of carbonyl (C=O) groups excluding carboxylic acids is 2. The lowest BCUT2D eigenvalue weighted by molar-refractivity contribution is -0.142. The van der Waals surface area contributed by atoms with Crippen molar-refractivity contribution < 1.29 is 94.0 Å². The molecular weight excluding hydrogens is 1140 g/mol. The number of halogens is 11. The first-order chi connectivity index (χ1) is 37.4. The van der Waals surface area contributed by atoms with E-state index >= 15 is 0 Å². The molecule has 460 valence electrons. The average molecular weight is 1210 g/mol. The lowest BCUT2D eigenvalue weighted by Gasteiger charge is -2.31. The van der Waals surface area contributed by atoms with Crippen LogP contribution in [0.2, 0.25) is 0 Å². The summed E-state index contributed by atoms with van der Waals surface area (Å²) in [5.74, 6) is -1.07. The molecule has 2 amide bonds. The molecule has 8 atom stereocenters. The van der Waals surface area contributed by atoms with Gasteiger partial charge in [0.25, 0.3) is 0 Å². The Morgan fingerprint density at radius 2 is 0.938 bits per heavy atom. The second-order valence-corrected chi connectivity index (χ2v) is 22.0. The number of carbonyl (C=O) groups is 3. The molecule has 0 bridgehead atoms. The zero-order valence-corrected chi connectivity index (χ0v) is 47.3. The fourth-order valence-corrected chi connectivity index (χ4v) is 8.30. The Balaban J connectivity index is 0.000000376. The average Bonchev–Trinajstić information content (AvgIpc) is 4.18. The molecule has 1 saturated carbocycles. The number of likely N-dealkylation sites (tertiary alicyclic amines) is 2. The van der Waals surface area contributed by atoms with Crippen molar-refractivity contribution in [1.82, 2.24) is 20.4 Å².